The first kappa shape index (κ1) is 18.4. The third kappa shape index (κ3) is 4.75. The number of carbonyl (C=O) groups is 2. The molecule has 1 saturated heterocycles. The van der Waals surface area contributed by atoms with Crippen LogP contribution in [0, 0.1) is 11.2 Å². The molecule has 1 aliphatic rings. The van der Waals surface area contributed by atoms with Gasteiger partial charge in [0.1, 0.15) is 5.82 Å². The molecule has 0 spiro atoms. The summed E-state index contributed by atoms with van der Waals surface area (Å²) in [6.45, 7) is 2.62. The summed E-state index contributed by atoms with van der Waals surface area (Å²) in [4.78, 5) is 24.4. The van der Waals surface area contributed by atoms with Crippen LogP contribution < -0.4 is 16.0 Å². The summed E-state index contributed by atoms with van der Waals surface area (Å²) in [5, 5.41) is 8.81. The van der Waals surface area contributed by atoms with Crippen LogP contribution in [0.4, 0.5) is 4.39 Å². The highest BCUT2D eigenvalue weighted by Crippen LogP contribution is 2.29. The second-order valence-corrected chi connectivity index (χ2v) is 5.98. The van der Waals surface area contributed by atoms with Crippen molar-refractivity contribution in [1.29, 1.82) is 0 Å². The van der Waals surface area contributed by atoms with E-state index in [4.69, 9.17) is 4.74 Å². The van der Waals surface area contributed by atoms with Crippen molar-refractivity contribution in [3.63, 3.8) is 0 Å². The molecule has 0 aliphatic carbocycles. The highest BCUT2D eigenvalue weighted by Gasteiger charge is 2.39. The van der Waals surface area contributed by atoms with Crippen LogP contribution in [0.2, 0.25) is 0 Å². The molecule has 0 bridgehead atoms. The molecule has 0 aromatic heterocycles. The molecule has 0 unspecified atom stereocenters. The average molecular weight is 337 g/mol. The zero-order chi connectivity index (χ0) is 17.4. The van der Waals surface area contributed by atoms with Gasteiger partial charge in [0.15, 0.2) is 0 Å². The van der Waals surface area contributed by atoms with E-state index < -0.39 is 5.41 Å². The molecule has 0 saturated carbocycles. The summed E-state index contributed by atoms with van der Waals surface area (Å²) in [6, 6.07) is 5.32. The minimum Gasteiger partial charge on any atom is -0.384 e. The Labute approximate surface area is 141 Å². The van der Waals surface area contributed by atoms with Gasteiger partial charge in [-0.3, -0.25) is 9.59 Å². The topological polar surface area (TPSA) is 79.5 Å². The molecule has 0 atom stereocenters. The van der Waals surface area contributed by atoms with Crippen molar-refractivity contribution >= 4 is 11.8 Å². The second-order valence-electron chi connectivity index (χ2n) is 5.98. The number of amides is 2. The minimum absolute atomic E-state index is 0.0399. The lowest BCUT2D eigenvalue weighted by Crippen LogP contribution is -2.51. The number of nitrogens with one attached hydrogen (secondary N) is 3. The van der Waals surface area contributed by atoms with Gasteiger partial charge in [-0.15, -0.1) is 0 Å². The molecule has 6 nitrogen and oxygen atoms in total. The van der Waals surface area contributed by atoms with Crippen LogP contribution >= 0.6 is 0 Å². The van der Waals surface area contributed by atoms with Gasteiger partial charge in [-0.1, -0.05) is 0 Å². The van der Waals surface area contributed by atoms with Crippen molar-refractivity contribution in [1.82, 2.24) is 16.0 Å². The fraction of sp³-hybridized carbons (Fsp3) is 0.529. The molecule has 132 valence electrons. The molecule has 7 heteroatoms. The Morgan fingerprint density at radius 1 is 1.17 bits per heavy atom. The number of carbonyl (C=O) groups excluding carboxylic acids is 2. The van der Waals surface area contributed by atoms with Crippen LogP contribution in [0.5, 0.6) is 0 Å². The maximum Gasteiger partial charge on any atom is 0.251 e. The average Bonchev–Trinajstić information content (AvgIpc) is 2.60. The molecule has 3 N–H and O–H groups in total. The Morgan fingerprint density at radius 3 is 2.42 bits per heavy atom. The number of benzene rings is 1. The summed E-state index contributed by atoms with van der Waals surface area (Å²) in [7, 11) is 1.60. The van der Waals surface area contributed by atoms with Gasteiger partial charge in [-0.2, -0.15) is 0 Å². The van der Waals surface area contributed by atoms with Crippen molar-refractivity contribution in [3.8, 4) is 0 Å². The number of methoxy groups -OCH3 is 1. The van der Waals surface area contributed by atoms with Crippen LogP contribution in [0.1, 0.15) is 23.2 Å². The van der Waals surface area contributed by atoms with E-state index in [9.17, 15) is 14.0 Å². The van der Waals surface area contributed by atoms with Gasteiger partial charge >= 0.3 is 0 Å². The van der Waals surface area contributed by atoms with Crippen LogP contribution in [0.15, 0.2) is 24.3 Å². The maximum atomic E-state index is 12.8. The fourth-order valence-electron chi connectivity index (χ4n) is 2.86. The molecule has 24 heavy (non-hydrogen) atoms. The summed E-state index contributed by atoms with van der Waals surface area (Å²) in [5.41, 5.74) is -0.113. The van der Waals surface area contributed by atoms with Crippen molar-refractivity contribution in [2.45, 2.75) is 12.8 Å². The smallest absolute Gasteiger partial charge is 0.251 e. The van der Waals surface area contributed by atoms with E-state index in [0.29, 0.717) is 25.3 Å². The maximum absolute atomic E-state index is 12.8. The predicted octanol–water partition coefficient (Wildman–Crippen LogP) is 0.688. The number of halogens is 1. The third-order valence-electron chi connectivity index (χ3n) is 4.27. The third-order valence-corrected chi connectivity index (χ3v) is 4.27. The lowest BCUT2D eigenvalue weighted by atomic mass is 9.78. The fourth-order valence-corrected chi connectivity index (χ4v) is 2.86. The highest BCUT2D eigenvalue weighted by atomic mass is 19.1. The molecule has 2 rings (SSSR count). The monoisotopic (exact) mass is 337 g/mol. The van der Waals surface area contributed by atoms with E-state index in [1.165, 1.54) is 24.3 Å². The van der Waals surface area contributed by atoms with E-state index >= 15 is 0 Å². The normalized spacial score (nSPS) is 16.4. The first-order valence-corrected chi connectivity index (χ1v) is 8.09. The molecule has 1 aromatic rings. The van der Waals surface area contributed by atoms with E-state index in [2.05, 4.69) is 16.0 Å². The molecular weight excluding hydrogens is 313 g/mol. The number of hydrogen-bond acceptors (Lipinski definition) is 4. The van der Waals surface area contributed by atoms with Gasteiger partial charge in [0.25, 0.3) is 5.91 Å². The largest absolute Gasteiger partial charge is 0.384 e. The zero-order valence-corrected chi connectivity index (χ0v) is 13.9. The summed E-state index contributed by atoms with van der Waals surface area (Å²) < 4.78 is 18.1. The first-order valence-electron chi connectivity index (χ1n) is 8.09. The van der Waals surface area contributed by atoms with Crippen LogP contribution in [0.3, 0.4) is 0 Å². The predicted molar refractivity (Wildman–Crippen MR) is 88.2 cm³/mol. The van der Waals surface area contributed by atoms with Crippen LogP contribution in [0.25, 0.3) is 0 Å². The Kier molecular flexibility index (Phi) is 6.69. The molecule has 1 heterocycles. The Bertz CT molecular complexity index is 551. The van der Waals surface area contributed by atoms with Crippen molar-refractivity contribution in [3.05, 3.63) is 35.6 Å². The van der Waals surface area contributed by atoms with E-state index in [1.54, 1.807) is 7.11 Å². The van der Waals surface area contributed by atoms with Crippen molar-refractivity contribution in [2.75, 3.05) is 39.9 Å². The van der Waals surface area contributed by atoms with E-state index in [-0.39, 0.29) is 17.6 Å². The van der Waals surface area contributed by atoms with Gasteiger partial charge in [0.2, 0.25) is 5.91 Å². The SMILES string of the molecule is COCC1(C(=O)NCCNC(=O)c2ccc(F)cc2)CCNCC1. The lowest BCUT2D eigenvalue weighted by molar-refractivity contribution is -0.136. The summed E-state index contributed by atoms with van der Waals surface area (Å²) in [6.07, 6.45) is 1.46. The molecule has 0 radical (unpaired) electrons. The minimum atomic E-state index is -0.499. The molecule has 1 aliphatic heterocycles. The van der Waals surface area contributed by atoms with Crippen LogP contribution in [-0.2, 0) is 9.53 Å². The van der Waals surface area contributed by atoms with Gasteiger partial charge in [0, 0.05) is 25.8 Å². The summed E-state index contributed by atoms with van der Waals surface area (Å²) in [5.74, 6) is -0.719. The molecule has 2 amide bonds. The molecule has 1 aromatic carbocycles. The van der Waals surface area contributed by atoms with Gasteiger partial charge in [0.05, 0.1) is 12.0 Å². The Balaban J connectivity index is 1.77. The number of piperidine rings is 1. The zero-order valence-electron chi connectivity index (χ0n) is 13.9. The van der Waals surface area contributed by atoms with Crippen molar-refractivity contribution < 1.29 is 18.7 Å². The first-order chi connectivity index (χ1) is 11.6. The van der Waals surface area contributed by atoms with Crippen molar-refractivity contribution in [2.24, 2.45) is 5.41 Å². The number of hydrogen-bond donors (Lipinski definition) is 3. The highest BCUT2D eigenvalue weighted by molar-refractivity contribution is 5.94. The van der Waals surface area contributed by atoms with Gasteiger partial charge in [-0.05, 0) is 50.2 Å². The lowest BCUT2D eigenvalue weighted by Gasteiger charge is -2.35. The van der Waals surface area contributed by atoms with E-state index in [0.717, 1.165) is 25.9 Å². The molecular formula is C17H24FN3O3. The Hall–Kier alpha value is -1.99. The van der Waals surface area contributed by atoms with Crippen LogP contribution in [-0.4, -0.2) is 51.7 Å². The van der Waals surface area contributed by atoms with Gasteiger partial charge < -0.3 is 20.7 Å². The standard InChI is InChI=1S/C17H24FN3O3/c1-24-12-17(6-8-19-9-7-17)16(23)21-11-10-20-15(22)13-2-4-14(18)5-3-13/h2-5,19H,6-12H2,1H3,(H,20,22)(H,21,23). The quantitative estimate of drug-likeness (QED) is 0.640. The number of rotatable bonds is 7. The van der Waals surface area contributed by atoms with Gasteiger partial charge in [-0.25, -0.2) is 4.39 Å². The Morgan fingerprint density at radius 2 is 1.79 bits per heavy atom. The number of ether oxygens (including phenoxy) is 1. The second kappa shape index (κ2) is 8.75. The van der Waals surface area contributed by atoms with E-state index in [1.807, 2.05) is 0 Å². The summed E-state index contributed by atoms with van der Waals surface area (Å²) >= 11 is 0. The molecule has 1 fully saturated rings.